The van der Waals surface area contributed by atoms with Crippen molar-refractivity contribution in [1.29, 1.82) is 0 Å². The second-order valence-corrected chi connectivity index (χ2v) is 7.46. The van der Waals surface area contributed by atoms with Crippen LogP contribution >= 0.6 is 23.4 Å². The Balaban J connectivity index is 1.43. The molecule has 0 aliphatic rings. The van der Waals surface area contributed by atoms with E-state index in [1.165, 1.54) is 16.4 Å². The van der Waals surface area contributed by atoms with Gasteiger partial charge < -0.3 is 15.3 Å². The van der Waals surface area contributed by atoms with Gasteiger partial charge in [0.25, 0.3) is 0 Å². The number of nitrogens with zero attached hydrogens (tertiary/aromatic N) is 4. The Hall–Kier alpha value is -2.97. The van der Waals surface area contributed by atoms with E-state index in [0.717, 1.165) is 16.5 Å². The number of benzene rings is 2. The summed E-state index contributed by atoms with van der Waals surface area (Å²) >= 11 is 7.76. The highest BCUT2D eigenvalue weighted by Crippen LogP contribution is 2.27. The third kappa shape index (κ3) is 4.38. The van der Waals surface area contributed by atoms with Gasteiger partial charge in [-0.05, 0) is 24.3 Å². The van der Waals surface area contributed by atoms with E-state index in [1.54, 1.807) is 13.2 Å². The third-order valence-corrected chi connectivity index (χ3v) is 5.57. The maximum Gasteiger partial charge on any atom is 0.210 e. The molecule has 0 fully saturated rings. The number of aromatic nitrogens is 4. The lowest BCUT2D eigenvalue weighted by atomic mass is 10.2. The molecule has 0 atom stereocenters. The number of methoxy groups -OCH3 is 1. The number of rotatable bonds is 7. The van der Waals surface area contributed by atoms with Gasteiger partial charge in [-0.25, -0.2) is 9.66 Å². The zero-order valence-electron chi connectivity index (χ0n) is 15.6. The molecule has 2 N–H and O–H groups in total. The Morgan fingerprint density at radius 1 is 1.07 bits per heavy atom. The fraction of sp³-hybridized carbons (Fsp3) is 0.150. The van der Waals surface area contributed by atoms with E-state index in [-0.39, 0.29) is 6.61 Å². The van der Waals surface area contributed by atoms with Gasteiger partial charge in [0, 0.05) is 22.8 Å². The van der Waals surface area contributed by atoms with Crippen LogP contribution < -0.4 is 15.3 Å². The van der Waals surface area contributed by atoms with Crippen molar-refractivity contribution in [1.82, 2.24) is 19.9 Å². The number of ether oxygens (including phenoxy) is 2. The van der Waals surface area contributed by atoms with Crippen LogP contribution in [0.3, 0.4) is 0 Å². The maximum absolute atomic E-state index is 6.33. The first kappa shape index (κ1) is 19.4. The highest BCUT2D eigenvalue weighted by Gasteiger charge is 2.13. The molecule has 0 aliphatic carbocycles. The van der Waals surface area contributed by atoms with E-state index in [1.807, 2.05) is 48.5 Å². The lowest BCUT2D eigenvalue weighted by molar-refractivity contribution is 0.289. The van der Waals surface area contributed by atoms with Gasteiger partial charge in [0.1, 0.15) is 23.3 Å². The summed E-state index contributed by atoms with van der Waals surface area (Å²) in [5, 5.41) is 10.3. The lowest BCUT2D eigenvalue weighted by Crippen LogP contribution is -2.15. The van der Waals surface area contributed by atoms with E-state index in [9.17, 15) is 0 Å². The molecular formula is C20H18ClN5O2S. The van der Waals surface area contributed by atoms with Crippen LogP contribution in [-0.4, -0.2) is 27.0 Å². The molecule has 29 heavy (non-hydrogen) atoms. The lowest BCUT2D eigenvalue weighted by Gasteiger charge is -2.08. The number of hydrogen-bond acceptors (Lipinski definition) is 7. The van der Waals surface area contributed by atoms with Crippen LogP contribution in [0.25, 0.3) is 10.9 Å². The summed E-state index contributed by atoms with van der Waals surface area (Å²) in [6.07, 6.45) is 0. The van der Waals surface area contributed by atoms with E-state index in [0.29, 0.717) is 33.4 Å². The zero-order chi connectivity index (χ0) is 20.2. The number of halogens is 1. The fourth-order valence-corrected chi connectivity index (χ4v) is 3.86. The summed E-state index contributed by atoms with van der Waals surface area (Å²) in [5.74, 6) is 8.60. The first-order chi connectivity index (χ1) is 14.1. The minimum Gasteiger partial charge on any atom is -0.497 e. The Kier molecular flexibility index (Phi) is 5.73. The van der Waals surface area contributed by atoms with Gasteiger partial charge >= 0.3 is 0 Å². The molecule has 4 rings (SSSR count). The normalized spacial score (nSPS) is 11.0. The van der Waals surface area contributed by atoms with Gasteiger partial charge in [-0.3, -0.25) is 0 Å². The van der Waals surface area contributed by atoms with Crippen molar-refractivity contribution in [3.63, 3.8) is 0 Å². The Labute approximate surface area is 176 Å². The fourth-order valence-electron chi connectivity index (χ4n) is 2.72. The monoisotopic (exact) mass is 427 g/mol. The van der Waals surface area contributed by atoms with Crippen LogP contribution in [0, 0.1) is 0 Å². The van der Waals surface area contributed by atoms with Gasteiger partial charge in [0.2, 0.25) is 5.16 Å². The summed E-state index contributed by atoms with van der Waals surface area (Å²) in [6, 6.07) is 17.2. The smallest absolute Gasteiger partial charge is 0.210 e. The molecule has 0 spiro atoms. The van der Waals surface area contributed by atoms with Gasteiger partial charge in [0.15, 0.2) is 5.82 Å². The van der Waals surface area contributed by atoms with Gasteiger partial charge in [-0.1, -0.05) is 47.6 Å². The van der Waals surface area contributed by atoms with Crippen molar-refractivity contribution in [2.24, 2.45) is 0 Å². The van der Waals surface area contributed by atoms with Crippen molar-refractivity contribution in [2.45, 2.75) is 17.5 Å². The Bertz CT molecular complexity index is 1150. The molecule has 0 aliphatic heterocycles. The molecule has 0 bridgehead atoms. The van der Waals surface area contributed by atoms with Crippen LogP contribution in [0.15, 0.2) is 59.8 Å². The quantitative estimate of drug-likeness (QED) is 0.270. The average Bonchev–Trinajstić information content (AvgIpc) is 3.10. The largest absolute Gasteiger partial charge is 0.497 e. The summed E-state index contributed by atoms with van der Waals surface area (Å²) < 4.78 is 12.3. The second kappa shape index (κ2) is 8.59. The molecule has 0 saturated heterocycles. The highest BCUT2D eigenvalue weighted by molar-refractivity contribution is 7.98. The van der Waals surface area contributed by atoms with Gasteiger partial charge in [-0.2, -0.15) is 0 Å². The van der Waals surface area contributed by atoms with Gasteiger partial charge in [-0.15, -0.1) is 10.2 Å². The van der Waals surface area contributed by atoms with Crippen molar-refractivity contribution in [2.75, 3.05) is 13.0 Å². The van der Waals surface area contributed by atoms with E-state index in [2.05, 4.69) is 15.2 Å². The standard InChI is InChI=1S/C20H18ClN5O2S/c1-27-15-6-4-7-16(10-15)28-11-18-24-25-20(26(18)22)29-12-14-9-13-5-2-3-8-17(13)23-19(14)21/h2-10H,11-12,22H2,1H3. The molecule has 0 saturated carbocycles. The first-order valence-electron chi connectivity index (χ1n) is 8.77. The first-order valence-corrected chi connectivity index (χ1v) is 10.1. The van der Waals surface area contributed by atoms with Crippen molar-refractivity contribution in [3.8, 4) is 11.5 Å². The number of pyridine rings is 1. The maximum atomic E-state index is 6.33. The summed E-state index contributed by atoms with van der Waals surface area (Å²) in [5.41, 5.74) is 1.78. The topological polar surface area (TPSA) is 88.1 Å². The van der Waals surface area contributed by atoms with Gasteiger partial charge in [0.05, 0.1) is 12.6 Å². The summed E-state index contributed by atoms with van der Waals surface area (Å²) in [4.78, 5) is 4.44. The van der Waals surface area contributed by atoms with Crippen LogP contribution in [0.2, 0.25) is 5.15 Å². The molecule has 148 valence electrons. The third-order valence-electron chi connectivity index (χ3n) is 4.25. The molecular weight excluding hydrogens is 410 g/mol. The molecule has 4 aromatic rings. The van der Waals surface area contributed by atoms with E-state index >= 15 is 0 Å². The van der Waals surface area contributed by atoms with E-state index < -0.39 is 0 Å². The zero-order valence-corrected chi connectivity index (χ0v) is 17.2. The predicted molar refractivity (Wildman–Crippen MR) is 114 cm³/mol. The van der Waals surface area contributed by atoms with Crippen LogP contribution in [0.4, 0.5) is 0 Å². The number of thioether (sulfide) groups is 1. The molecule has 2 aromatic carbocycles. The number of para-hydroxylation sites is 1. The molecule has 0 amide bonds. The van der Waals surface area contributed by atoms with Crippen LogP contribution in [0.1, 0.15) is 11.4 Å². The van der Waals surface area contributed by atoms with Crippen LogP contribution in [-0.2, 0) is 12.4 Å². The predicted octanol–water partition coefficient (Wildman–Crippen LogP) is 4.07. The Morgan fingerprint density at radius 2 is 1.90 bits per heavy atom. The molecule has 2 heterocycles. The molecule has 0 unspecified atom stereocenters. The van der Waals surface area contributed by atoms with Crippen molar-refractivity contribution in [3.05, 3.63) is 71.1 Å². The number of nitrogen functional groups attached to an aromatic ring is 1. The Morgan fingerprint density at radius 3 is 2.76 bits per heavy atom. The number of hydrogen-bond donors (Lipinski definition) is 1. The summed E-state index contributed by atoms with van der Waals surface area (Å²) in [7, 11) is 1.61. The summed E-state index contributed by atoms with van der Waals surface area (Å²) in [6.45, 7) is 0.190. The highest BCUT2D eigenvalue weighted by atomic mass is 35.5. The molecule has 0 radical (unpaired) electrons. The molecule has 2 aromatic heterocycles. The molecule has 7 nitrogen and oxygen atoms in total. The van der Waals surface area contributed by atoms with Crippen molar-refractivity contribution < 1.29 is 9.47 Å². The number of nitrogens with two attached hydrogens (primary N) is 1. The minimum absolute atomic E-state index is 0.190. The van der Waals surface area contributed by atoms with E-state index in [4.69, 9.17) is 26.9 Å². The SMILES string of the molecule is COc1cccc(OCc2nnc(SCc3cc4ccccc4nc3Cl)n2N)c1. The minimum atomic E-state index is 0.190. The van der Waals surface area contributed by atoms with Crippen LogP contribution in [0.5, 0.6) is 11.5 Å². The second-order valence-electron chi connectivity index (χ2n) is 6.16. The number of fused-ring (bicyclic) bond motifs is 1. The van der Waals surface area contributed by atoms with Crippen molar-refractivity contribution >= 4 is 34.3 Å². The average molecular weight is 428 g/mol. The molecule has 9 heteroatoms.